The minimum Gasteiger partial charge on any atom is -0.506 e. The van der Waals surface area contributed by atoms with E-state index in [1.165, 1.54) is 24.1 Å². The van der Waals surface area contributed by atoms with Crippen LogP contribution in [0.5, 0.6) is 5.75 Å². The monoisotopic (exact) mass is 481 g/mol. The van der Waals surface area contributed by atoms with Crippen LogP contribution >= 0.6 is 31.9 Å². The maximum Gasteiger partial charge on any atom is 0.269 e. The Morgan fingerprint density at radius 3 is 2.54 bits per heavy atom. The van der Waals surface area contributed by atoms with Crippen LogP contribution in [0.2, 0.25) is 0 Å². The number of aromatic hydroxyl groups is 1. The van der Waals surface area contributed by atoms with E-state index < -0.39 is 11.0 Å². The highest BCUT2D eigenvalue weighted by molar-refractivity contribution is 9.11. The number of rotatable bonds is 3. The third kappa shape index (κ3) is 3.49. The van der Waals surface area contributed by atoms with Crippen LogP contribution in [0.1, 0.15) is 30.5 Å². The van der Waals surface area contributed by atoms with Crippen molar-refractivity contribution in [3.63, 3.8) is 0 Å². The Morgan fingerprint density at radius 1 is 1.31 bits per heavy atom. The van der Waals surface area contributed by atoms with Crippen molar-refractivity contribution in [1.82, 2.24) is 5.01 Å². The predicted octanol–water partition coefficient (Wildman–Crippen LogP) is 4.52. The molecule has 0 fully saturated rings. The minimum absolute atomic E-state index is 0.0328. The van der Waals surface area contributed by atoms with Gasteiger partial charge in [-0.25, -0.2) is 5.01 Å². The Labute approximate surface area is 165 Å². The molecule has 134 valence electrons. The molecule has 1 aliphatic rings. The van der Waals surface area contributed by atoms with E-state index in [0.717, 1.165) is 5.56 Å². The quantitative estimate of drug-likeness (QED) is 0.513. The van der Waals surface area contributed by atoms with Gasteiger partial charge in [0.1, 0.15) is 5.75 Å². The van der Waals surface area contributed by atoms with Crippen LogP contribution in [0.15, 0.2) is 50.4 Å². The van der Waals surface area contributed by atoms with Crippen LogP contribution in [0.4, 0.5) is 5.69 Å². The Hall–Kier alpha value is -2.26. The number of phenols is 1. The van der Waals surface area contributed by atoms with Crippen LogP contribution in [0, 0.1) is 10.1 Å². The third-order valence-electron chi connectivity index (χ3n) is 4.05. The molecule has 1 aliphatic heterocycles. The molecule has 2 aromatic carbocycles. The highest BCUT2D eigenvalue weighted by atomic mass is 79.9. The summed E-state index contributed by atoms with van der Waals surface area (Å²) in [6.07, 6.45) is 0.407. The molecule has 1 unspecified atom stereocenters. The molecule has 0 spiro atoms. The molecule has 26 heavy (non-hydrogen) atoms. The van der Waals surface area contributed by atoms with Crippen molar-refractivity contribution in [3.05, 3.63) is 66.6 Å². The number of carbonyl (C=O) groups is 1. The first-order chi connectivity index (χ1) is 12.3. The largest absolute Gasteiger partial charge is 0.506 e. The summed E-state index contributed by atoms with van der Waals surface area (Å²) in [6.45, 7) is 1.40. The fraction of sp³-hybridized carbons (Fsp3) is 0.176. The van der Waals surface area contributed by atoms with Gasteiger partial charge in [-0.15, -0.1) is 0 Å². The molecule has 9 heteroatoms. The summed E-state index contributed by atoms with van der Waals surface area (Å²) in [6, 6.07) is 9.22. The number of nitro benzene ring substituents is 1. The molecule has 1 atom stereocenters. The summed E-state index contributed by atoms with van der Waals surface area (Å²) in [5.41, 5.74) is 2.00. The van der Waals surface area contributed by atoms with E-state index in [-0.39, 0.29) is 17.3 Å². The number of hydrogen-bond donors (Lipinski definition) is 1. The van der Waals surface area contributed by atoms with E-state index in [2.05, 4.69) is 37.0 Å². The van der Waals surface area contributed by atoms with E-state index in [1.54, 1.807) is 24.3 Å². The minimum atomic E-state index is -0.466. The van der Waals surface area contributed by atoms with Gasteiger partial charge in [-0.1, -0.05) is 12.1 Å². The molecule has 1 N–H and O–H groups in total. The zero-order valence-corrected chi connectivity index (χ0v) is 16.7. The van der Waals surface area contributed by atoms with Gasteiger partial charge in [-0.2, -0.15) is 5.10 Å². The van der Waals surface area contributed by atoms with Gasteiger partial charge in [0.25, 0.3) is 5.69 Å². The second-order valence-electron chi connectivity index (χ2n) is 5.77. The highest BCUT2D eigenvalue weighted by Crippen LogP contribution is 2.38. The summed E-state index contributed by atoms with van der Waals surface area (Å²) in [5, 5.41) is 26.6. The van der Waals surface area contributed by atoms with Gasteiger partial charge in [-0.3, -0.25) is 14.9 Å². The first-order valence-electron chi connectivity index (χ1n) is 7.58. The number of nitro groups is 1. The Morgan fingerprint density at radius 2 is 1.96 bits per heavy atom. The predicted molar refractivity (Wildman–Crippen MR) is 103 cm³/mol. The van der Waals surface area contributed by atoms with Crippen molar-refractivity contribution >= 4 is 49.2 Å². The second kappa shape index (κ2) is 7.16. The Balaban J connectivity index is 2.00. The second-order valence-corrected chi connectivity index (χ2v) is 7.48. The SMILES string of the molecule is CC(=O)N1N=C(c2cc(Br)c(O)c(Br)c2)CC1c1cccc([N+](=O)[O-])c1. The number of benzene rings is 2. The number of phenolic OH excluding ortho intramolecular Hbond substituents is 1. The highest BCUT2D eigenvalue weighted by Gasteiger charge is 2.32. The van der Waals surface area contributed by atoms with Crippen molar-refractivity contribution in [2.24, 2.45) is 5.10 Å². The molecule has 1 heterocycles. The molecule has 0 saturated heterocycles. The molecule has 2 aromatic rings. The van der Waals surface area contributed by atoms with Gasteiger partial charge < -0.3 is 5.11 Å². The number of non-ortho nitro benzene ring substituents is 1. The fourth-order valence-corrected chi connectivity index (χ4v) is 4.00. The van der Waals surface area contributed by atoms with E-state index >= 15 is 0 Å². The number of halogens is 2. The molecule has 0 aliphatic carbocycles. The molecule has 0 aromatic heterocycles. The van der Waals surface area contributed by atoms with Crippen LogP contribution in [-0.2, 0) is 4.79 Å². The number of hydrogen-bond acceptors (Lipinski definition) is 5. The average Bonchev–Trinajstić information content (AvgIpc) is 3.05. The smallest absolute Gasteiger partial charge is 0.269 e. The molecule has 1 amide bonds. The van der Waals surface area contributed by atoms with Crippen molar-refractivity contribution in [3.8, 4) is 5.75 Å². The number of nitrogens with zero attached hydrogens (tertiary/aromatic N) is 3. The number of hydrazone groups is 1. The number of amides is 1. The molecule has 0 bridgehead atoms. The van der Waals surface area contributed by atoms with E-state index in [0.29, 0.717) is 26.6 Å². The zero-order valence-electron chi connectivity index (χ0n) is 13.5. The zero-order chi connectivity index (χ0) is 19.0. The maximum absolute atomic E-state index is 12.0. The van der Waals surface area contributed by atoms with E-state index in [4.69, 9.17) is 0 Å². The normalized spacial score (nSPS) is 16.5. The van der Waals surface area contributed by atoms with Crippen LogP contribution in [0.3, 0.4) is 0 Å². The van der Waals surface area contributed by atoms with Crippen LogP contribution < -0.4 is 0 Å². The lowest BCUT2D eigenvalue weighted by Crippen LogP contribution is -2.24. The van der Waals surface area contributed by atoms with Crippen molar-refractivity contribution in [1.29, 1.82) is 0 Å². The first-order valence-corrected chi connectivity index (χ1v) is 9.16. The van der Waals surface area contributed by atoms with Gasteiger partial charge in [0.15, 0.2) is 0 Å². The number of carbonyl (C=O) groups excluding carboxylic acids is 1. The standard InChI is InChI=1S/C17H13Br2N3O4/c1-9(23)21-16(10-3-2-4-12(5-10)22(25)26)8-15(20-21)11-6-13(18)17(24)14(19)7-11/h2-7,16,24H,8H2,1H3. The van der Waals surface area contributed by atoms with Crippen molar-refractivity contribution < 1.29 is 14.8 Å². The van der Waals surface area contributed by atoms with Crippen molar-refractivity contribution in [2.45, 2.75) is 19.4 Å². The van der Waals surface area contributed by atoms with Gasteiger partial charge >= 0.3 is 0 Å². The summed E-state index contributed by atoms with van der Waals surface area (Å²) < 4.78 is 0.996. The van der Waals surface area contributed by atoms with E-state index in [1.807, 2.05) is 0 Å². The third-order valence-corrected chi connectivity index (χ3v) is 5.26. The molecule has 3 rings (SSSR count). The Bertz CT molecular complexity index is 922. The van der Waals surface area contributed by atoms with Gasteiger partial charge in [-0.05, 0) is 49.6 Å². The van der Waals surface area contributed by atoms with Gasteiger partial charge in [0.05, 0.1) is 25.6 Å². The van der Waals surface area contributed by atoms with Crippen LogP contribution in [0.25, 0.3) is 0 Å². The average molecular weight is 483 g/mol. The van der Waals surface area contributed by atoms with E-state index in [9.17, 15) is 20.0 Å². The maximum atomic E-state index is 12.0. The summed E-state index contributed by atoms with van der Waals surface area (Å²) in [5.74, 6) is -0.181. The molecule has 0 radical (unpaired) electrons. The lowest BCUT2D eigenvalue weighted by Gasteiger charge is -2.20. The Kier molecular flexibility index (Phi) is 5.10. The summed E-state index contributed by atoms with van der Waals surface area (Å²) >= 11 is 6.57. The molecule has 0 saturated carbocycles. The molecular formula is C17H13Br2N3O4. The van der Waals surface area contributed by atoms with Gasteiger partial charge in [0.2, 0.25) is 5.91 Å². The molecule has 7 nitrogen and oxygen atoms in total. The topological polar surface area (TPSA) is 96.0 Å². The summed E-state index contributed by atoms with van der Waals surface area (Å²) in [4.78, 5) is 22.6. The van der Waals surface area contributed by atoms with Gasteiger partial charge in [0, 0.05) is 31.0 Å². The summed E-state index contributed by atoms with van der Waals surface area (Å²) in [7, 11) is 0. The lowest BCUT2D eigenvalue weighted by atomic mass is 9.98. The molecular weight excluding hydrogens is 470 g/mol. The fourth-order valence-electron chi connectivity index (χ4n) is 2.81. The lowest BCUT2D eigenvalue weighted by molar-refractivity contribution is -0.384. The first kappa shape index (κ1) is 18.5. The van der Waals surface area contributed by atoms with Crippen molar-refractivity contribution in [2.75, 3.05) is 0 Å². The van der Waals surface area contributed by atoms with Crippen LogP contribution in [-0.4, -0.2) is 26.7 Å².